The summed E-state index contributed by atoms with van der Waals surface area (Å²) in [6.07, 6.45) is -5.22. The zero-order valence-corrected chi connectivity index (χ0v) is 18.2. The fourth-order valence-electron chi connectivity index (χ4n) is 4.44. The highest BCUT2D eigenvalue weighted by Gasteiger charge is 2.42. The molecule has 0 aromatic heterocycles. The quantitative estimate of drug-likeness (QED) is 0.432. The molecular formula is C24H28N2O7. The van der Waals surface area contributed by atoms with E-state index in [1.165, 1.54) is 0 Å². The van der Waals surface area contributed by atoms with Crippen LogP contribution in [0.4, 0.5) is 4.79 Å². The fourth-order valence-corrected chi connectivity index (χ4v) is 4.44. The van der Waals surface area contributed by atoms with Crippen LogP contribution in [-0.4, -0.2) is 71.6 Å². The molecule has 1 aliphatic heterocycles. The lowest BCUT2D eigenvalue weighted by molar-refractivity contribution is -0.213. The number of nitrogens with one attached hydrogen (secondary N) is 2. The number of benzene rings is 2. The number of carbonyl (C=O) groups excluding carboxylic acids is 2. The third-order valence-electron chi connectivity index (χ3n) is 6.33. The van der Waals surface area contributed by atoms with Gasteiger partial charge in [-0.15, -0.1) is 0 Å². The molecule has 9 heteroatoms. The molecule has 33 heavy (non-hydrogen) atoms. The number of rotatable bonds is 6. The van der Waals surface area contributed by atoms with Crippen LogP contribution in [0.25, 0.3) is 11.1 Å². The van der Waals surface area contributed by atoms with Crippen LogP contribution in [0.15, 0.2) is 48.5 Å². The van der Waals surface area contributed by atoms with Crippen molar-refractivity contribution < 1.29 is 34.4 Å². The van der Waals surface area contributed by atoms with Crippen LogP contribution in [0.2, 0.25) is 0 Å². The standard InChI is InChI=1S/C24H28N2O7/c1-13-19(11-27)33-23(22(30)21(13)29)26-20(28)10-25-24(31)32-12-18-16-8-4-2-6-14(16)15-7-3-5-9-17(15)18/h2-9,13,18-19,21-23,27,29-30H,10-12H2,1H3,(H,25,31)(H,26,28)/t13-,19?,21+,22?,23+/m0/s1. The maximum atomic E-state index is 12.2. The van der Waals surface area contributed by atoms with Gasteiger partial charge in [-0.05, 0) is 22.3 Å². The third-order valence-corrected chi connectivity index (χ3v) is 6.33. The Morgan fingerprint density at radius 3 is 2.21 bits per heavy atom. The Kier molecular flexibility index (Phi) is 6.94. The lowest BCUT2D eigenvalue weighted by atomic mass is 9.90. The molecule has 5 atom stereocenters. The molecule has 1 fully saturated rings. The van der Waals surface area contributed by atoms with Gasteiger partial charge in [-0.25, -0.2) is 4.79 Å². The molecule has 0 spiro atoms. The van der Waals surface area contributed by atoms with Gasteiger partial charge in [0.05, 0.1) is 18.8 Å². The average molecular weight is 456 g/mol. The van der Waals surface area contributed by atoms with Crippen molar-refractivity contribution in [3.63, 3.8) is 0 Å². The molecule has 1 saturated heterocycles. The summed E-state index contributed by atoms with van der Waals surface area (Å²) in [5, 5.41) is 34.4. The number of aliphatic hydroxyl groups is 3. The number of fused-ring (bicyclic) bond motifs is 3. The van der Waals surface area contributed by atoms with E-state index in [4.69, 9.17) is 9.47 Å². The number of hydrogen-bond acceptors (Lipinski definition) is 7. The number of alkyl carbamates (subject to hydrolysis) is 1. The van der Waals surface area contributed by atoms with E-state index in [9.17, 15) is 24.9 Å². The SMILES string of the molecule is C[C@H]1C(CO)O[C@@H](NC(=O)CNC(=O)OCC2c3ccccc3-c3ccccc32)C(O)[C@@H]1O. The molecule has 176 valence electrons. The maximum Gasteiger partial charge on any atom is 0.407 e. The number of hydrogen-bond donors (Lipinski definition) is 5. The van der Waals surface area contributed by atoms with E-state index in [1.54, 1.807) is 6.92 Å². The third kappa shape index (κ3) is 4.72. The van der Waals surface area contributed by atoms with Crippen LogP contribution in [0.1, 0.15) is 24.0 Å². The number of carbonyl (C=O) groups is 2. The highest BCUT2D eigenvalue weighted by Crippen LogP contribution is 2.44. The van der Waals surface area contributed by atoms with Crippen LogP contribution in [0.3, 0.4) is 0 Å². The van der Waals surface area contributed by atoms with Crippen molar-refractivity contribution >= 4 is 12.0 Å². The molecule has 9 nitrogen and oxygen atoms in total. The summed E-state index contributed by atoms with van der Waals surface area (Å²) in [6, 6.07) is 15.9. The Bertz CT molecular complexity index is 966. The van der Waals surface area contributed by atoms with E-state index < -0.39 is 49.0 Å². The highest BCUT2D eigenvalue weighted by atomic mass is 16.6. The summed E-state index contributed by atoms with van der Waals surface area (Å²) >= 11 is 0. The highest BCUT2D eigenvalue weighted by molar-refractivity contribution is 5.82. The minimum absolute atomic E-state index is 0.0957. The van der Waals surface area contributed by atoms with Gasteiger partial charge in [0.25, 0.3) is 0 Å². The molecule has 4 rings (SSSR count). The van der Waals surface area contributed by atoms with Crippen LogP contribution in [0.5, 0.6) is 0 Å². The summed E-state index contributed by atoms with van der Waals surface area (Å²) in [5.74, 6) is -1.23. The minimum Gasteiger partial charge on any atom is -0.449 e. The van der Waals surface area contributed by atoms with Crippen LogP contribution >= 0.6 is 0 Å². The van der Waals surface area contributed by atoms with E-state index in [2.05, 4.69) is 10.6 Å². The molecule has 2 amide bonds. The van der Waals surface area contributed by atoms with Crippen LogP contribution in [-0.2, 0) is 14.3 Å². The molecule has 2 aromatic carbocycles. The molecule has 0 radical (unpaired) electrons. The predicted octanol–water partition coefficient (Wildman–Crippen LogP) is 0.716. The van der Waals surface area contributed by atoms with Crippen LogP contribution in [0, 0.1) is 5.92 Å². The smallest absolute Gasteiger partial charge is 0.407 e. The van der Waals surface area contributed by atoms with Crippen molar-refractivity contribution in [1.29, 1.82) is 0 Å². The van der Waals surface area contributed by atoms with Gasteiger partial charge in [0.2, 0.25) is 5.91 Å². The van der Waals surface area contributed by atoms with Crippen molar-refractivity contribution in [1.82, 2.24) is 10.6 Å². The predicted molar refractivity (Wildman–Crippen MR) is 118 cm³/mol. The topological polar surface area (TPSA) is 137 Å². The van der Waals surface area contributed by atoms with E-state index in [1.807, 2.05) is 48.5 Å². The summed E-state index contributed by atoms with van der Waals surface area (Å²) in [5.41, 5.74) is 4.40. The second-order valence-corrected chi connectivity index (χ2v) is 8.36. The van der Waals surface area contributed by atoms with Crippen molar-refractivity contribution in [3.05, 3.63) is 59.7 Å². The van der Waals surface area contributed by atoms with Gasteiger partial charge in [0.1, 0.15) is 19.3 Å². The summed E-state index contributed by atoms with van der Waals surface area (Å²) in [7, 11) is 0. The lowest BCUT2D eigenvalue weighted by Gasteiger charge is -2.41. The average Bonchev–Trinajstić information content (AvgIpc) is 3.15. The summed E-state index contributed by atoms with van der Waals surface area (Å²) in [6.45, 7) is 0.980. The number of ether oxygens (including phenoxy) is 2. The van der Waals surface area contributed by atoms with Gasteiger partial charge in [0, 0.05) is 11.8 Å². The van der Waals surface area contributed by atoms with Crippen LogP contribution < -0.4 is 10.6 Å². The Labute approximate surface area is 191 Å². The van der Waals surface area contributed by atoms with E-state index in [-0.39, 0.29) is 19.1 Å². The van der Waals surface area contributed by atoms with Crippen molar-refractivity contribution in [2.24, 2.45) is 5.92 Å². The fraction of sp³-hybridized carbons (Fsp3) is 0.417. The van der Waals surface area contributed by atoms with Gasteiger partial charge in [-0.1, -0.05) is 55.5 Å². The molecule has 2 aliphatic rings. The molecule has 1 heterocycles. The lowest BCUT2D eigenvalue weighted by Crippen LogP contribution is -2.61. The molecule has 2 aromatic rings. The van der Waals surface area contributed by atoms with Gasteiger partial charge in [-0.2, -0.15) is 0 Å². The molecule has 5 N–H and O–H groups in total. The van der Waals surface area contributed by atoms with Gasteiger partial charge in [0.15, 0.2) is 6.23 Å². The number of aliphatic hydroxyl groups excluding tert-OH is 3. The molecular weight excluding hydrogens is 428 g/mol. The van der Waals surface area contributed by atoms with Gasteiger partial charge < -0.3 is 35.4 Å². The van der Waals surface area contributed by atoms with Gasteiger partial charge >= 0.3 is 6.09 Å². The zero-order chi connectivity index (χ0) is 23.5. The Morgan fingerprint density at radius 2 is 1.61 bits per heavy atom. The normalized spacial score (nSPS) is 26.2. The monoisotopic (exact) mass is 456 g/mol. The first kappa shape index (κ1) is 23.2. The first-order chi connectivity index (χ1) is 15.9. The largest absolute Gasteiger partial charge is 0.449 e. The van der Waals surface area contributed by atoms with Gasteiger partial charge in [-0.3, -0.25) is 4.79 Å². The van der Waals surface area contributed by atoms with Crippen molar-refractivity contribution in [3.8, 4) is 11.1 Å². The van der Waals surface area contributed by atoms with Crippen molar-refractivity contribution in [2.45, 2.75) is 37.4 Å². The molecule has 2 unspecified atom stereocenters. The molecule has 1 aliphatic carbocycles. The second kappa shape index (κ2) is 9.88. The van der Waals surface area contributed by atoms with E-state index in [0.717, 1.165) is 22.3 Å². The Morgan fingerprint density at radius 1 is 1.00 bits per heavy atom. The summed E-state index contributed by atoms with van der Waals surface area (Å²) in [4.78, 5) is 24.4. The molecule has 0 saturated carbocycles. The first-order valence-electron chi connectivity index (χ1n) is 10.9. The van der Waals surface area contributed by atoms with E-state index in [0.29, 0.717) is 0 Å². The Balaban J connectivity index is 1.28. The van der Waals surface area contributed by atoms with E-state index >= 15 is 0 Å². The number of amides is 2. The zero-order valence-electron chi connectivity index (χ0n) is 18.2. The second-order valence-electron chi connectivity index (χ2n) is 8.36. The van der Waals surface area contributed by atoms with Crippen molar-refractivity contribution in [2.75, 3.05) is 19.8 Å². The summed E-state index contributed by atoms with van der Waals surface area (Å²) < 4.78 is 10.8. The molecule has 0 bridgehead atoms. The Hall–Kier alpha value is -2.98. The minimum atomic E-state index is -1.36. The first-order valence-corrected chi connectivity index (χ1v) is 10.9. The maximum absolute atomic E-state index is 12.2.